The third kappa shape index (κ3) is 3.38. The molecule has 4 heterocycles. The molecule has 3 aliphatic heterocycles. The van der Waals surface area contributed by atoms with Gasteiger partial charge in [0.2, 0.25) is 11.8 Å². The minimum atomic E-state index is -1.29. The number of piperidine rings is 1. The van der Waals surface area contributed by atoms with E-state index < -0.39 is 10.8 Å². The predicted octanol–water partition coefficient (Wildman–Crippen LogP) is 3.83. The highest BCUT2D eigenvalue weighted by Gasteiger charge is 2.44. The van der Waals surface area contributed by atoms with Crippen LogP contribution in [-0.2, 0) is 10.8 Å². The van der Waals surface area contributed by atoms with Gasteiger partial charge in [-0.15, -0.1) is 0 Å². The summed E-state index contributed by atoms with van der Waals surface area (Å²) in [7, 11) is -1.29. The van der Waals surface area contributed by atoms with Crippen molar-refractivity contribution in [1.29, 1.82) is 0 Å². The maximum atomic E-state index is 12.6. The Labute approximate surface area is 195 Å². The number of anilines is 2. The summed E-state index contributed by atoms with van der Waals surface area (Å²) in [6.07, 6.45) is 7.15. The number of ether oxygens (including phenoxy) is 1. The van der Waals surface area contributed by atoms with Crippen LogP contribution in [0.4, 0.5) is 11.8 Å². The van der Waals surface area contributed by atoms with E-state index >= 15 is 0 Å². The second-order valence-electron chi connectivity index (χ2n) is 9.54. The summed E-state index contributed by atoms with van der Waals surface area (Å²) < 4.78 is 18.3. The lowest BCUT2D eigenvalue weighted by Crippen LogP contribution is -2.49. The van der Waals surface area contributed by atoms with Crippen molar-refractivity contribution in [1.82, 2.24) is 9.97 Å². The highest BCUT2D eigenvalue weighted by Crippen LogP contribution is 2.46. The van der Waals surface area contributed by atoms with Crippen molar-refractivity contribution < 1.29 is 14.1 Å². The fourth-order valence-corrected chi connectivity index (χ4v) is 6.85. The number of hydrogen-bond donors (Lipinski definition) is 2. The number of halogens is 1. The molecule has 3 unspecified atom stereocenters. The lowest BCUT2D eigenvalue weighted by Gasteiger charge is -2.42. The molecule has 3 fully saturated rings. The van der Waals surface area contributed by atoms with Crippen LogP contribution < -0.4 is 15.0 Å². The Morgan fingerprint density at radius 2 is 1.91 bits per heavy atom. The lowest BCUT2D eigenvalue weighted by atomic mass is 9.77. The van der Waals surface area contributed by atoms with E-state index in [0.717, 1.165) is 50.0 Å². The first-order chi connectivity index (χ1) is 15.5. The van der Waals surface area contributed by atoms with Gasteiger partial charge >= 0.3 is 0 Å². The highest BCUT2D eigenvalue weighted by molar-refractivity contribution is 7.85. The van der Waals surface area contributed by atoms with Gasteiger partial charge in [-0.1, -0.05) is 23.7 Å². The molecular weight excluding hydrogens is 448 g/mol. The average molecular weight is 475 g/mol. The topological polar surface area (TPSA) is 87.6 Å². The Kier molecular flexibility index (Phi) is 5.08. The van der Waals surface area contributed by atoms with E-state index in [1.54, 1.807) is 0 Å². The van der Waals surface area contributed by atoms with Crippen LogP contribution in [0.1, 0.15) is 56.4 Å². The van der Waals surface area contributed by atoms with Crippen LogP contribution in [0.2, 0.25) is 5.02 Å². The molecule has 1 aromatic heterocycles. The fraction of sp³-hybridized carbons (Fsp3) is 0.565. The molecule has 170 valence electrons. The van der Waals surface area contributed by atoms with Crippen LogP contribution in [0.5, 0.6) is 5.88 Å². The second-order valence-corrected chi connectivity index (χ2v) is 11.3. The number of benzene rings is 1. The maximum absolute atomic E-state index is 12.6. The fourth-order valence-electron chi connectivity index (χ4n) is 5.78. The summed E-state index contributed by atoms with van der Waals surface area (Å²) in [5.74, 6) is 2.25. The van der Waals surface area contributed by atoms with E-state index in [1.807, 2.05) is 12.1 Å². The van der Waals surface area contributed by atoms with E-state index in [4.69, 9.17) is 26.3 Å². The van der Waals surface area contributed by atoms with Gasteiger partial charge in [-0.3, -0.25) is 4.21 Å². The van der Waals surface area contributed by atoms with Gasteiger partial charge in [-0.2, -0.15) is 9.97 Å². The highest BCUT2D eigenvalue weighted by atomic mass is 35.5. The molecule has 6 rings (SSSR count). The van der Waals surface area contributed by atoms with Crippen LogP contribution in [-0.4, -0.2) is 49.5 Å². The molecule has 9 heteroatoms. The molecule has 7 nitrogen and oxygen atoms in total. The number of nitrogens with zero attached hydrogens (tertiary/aromatic N) is 3. The minimum absolute atomic E-state index is 0.0341. The van der Waals surface area contributed by atoms with Gasteiger partial charge in [0, 0.05) is 17.1 Å². The van der Waals surface area contributed by atoms with Crippen LogP contribution in [0.25, 0.3) is 0 Å². The number of nitrogens with one attached hydrogen (secondary N) is 1. The molecule has 2 N–H and O–H groups in total. The number of hydrogen-bond acceptors (Lipinski definition) is 7. The summed E-state index contributed by atoms with van der Waals surface area (Å²) in [4.78, 5) is 12.5. The van der Waals surface area contributed by atoms with E-state index in [1.165, 1.54) is 5.56 Å². The molecule has 3 atom stereocenters. The van der Waals surface area contributed by atoms with Crippen LogP contribution in [0.3, 0.4) is 0 Å². The Morgan fingerprint density at radius 3 is 2.53 bits per heavy atom. The summed E-state index contributed by atoms with van der Waals surface area (Å²) in [5, 5.41) is 14.1. The van der Waals surface area contributed by atoms with Crippen molar-refractivity contribution in [2.24, 2.45) is 0 Å². The predicted molar refractivity (Wildman–Crippen MR) is 124 cm³/mol. The monoisotopic (exact) mass is 474 g/mol. The lowest BCUT2D eigenvalue weighted by molar-refractivity contribution is 0.143. The zero-order valence-electron chi connectivity index (χ0n) is 17.8. The number of aliphatic hydroxyl groups is 1. The quantitative estimate of drug-likeness (QED) is 0.680. The molecule has 4 aliphatic rings. The molecule has 0 spiro atoms. The number of rotatable bonds is 5. The average Bonchev–Trinajstić information content (AvgIpc) is 3.27. The normalized spacial score (nSPS) is 29.9. The van der Waals surface area contributed by atoms with Crippen molar-refractivity contribution in [3.63, 3.8) is 0 Å². The Hall–Kier alpha value is -1.90. The summed E-state index contributed by atoms with van der Waals surface area (Å²) in [5.41, 5.74) is 0.962. The first-order valence-corrected chi connectivity index (χ1v) is 13.1. The van der Waals surface area contributed by atoms with Crippen molar-refractivity contribution in [2.45, 2.75) is 73.4 Å². The Balaban J connectivity index is 1.31. The third-order valence-corrected chi connectivity index (χ3v) is 9.06. The van der Waals surface area contributed by atoms with E-state index in [2.05, 4.69) is 22.3 Å². The molecule has 1 aliphatic carbocycles. The minimum Gasteiger partial charge on any atom is -0.463 e. The standard InChI is InChI=1S/C23H27ClN4O3S/c24-16-4-2-14(3-5-16)15-10-17-6-7-18(11-15)28(17)22-25-20(27-23(12-29)8-1-9-23)19-21(26-22)31-13-32(19)30/h2-5,15,17-18,29H,1,6-13H2,(H,25,26,27). The Bertz CT molecular complexity index is 1040. The number of aliphatic hydroxyl groups excluding tert-OH is 1. The van der Waals surface area contributed by atoms with E-state index in [0.29, 0.717) is 40.5 Å². The molecule has 32 heavy (non-hydrogen) atoms. The zero-order valence-corrected chi connectivity index (χ0v) is 19.4. The van der Waals surface area contributed by atoms with Gasteiger partial charge in [-0.25, -0.2) is 0 Å². The van der Waals surface area contributed by atoms with Gasteiger partial charge in [0.1, 0.15) is 15.7 Å². The van der Waals surface area contributed by atoms with Gasteiger partial charge in [0.25, 0.3) is 0 Å². The van der Waals surface area contributed by atoms with Gasteiger partial charge in [0.05, 0.1) is 12.1 Å². The molecule has 1 saturated carbocycles. The first kappa shape index (κ1) is 20.7. The van der Waals surface area contributed by atoms with Gasteiger partial charge in [-0.05, 0) is 68.6 Å². The molecule has 0 radical (unpaired) electrons. The first-order valence-electron chi connectivity index (χ1n) is 11.4. The van der Waals surface area contributed by atoms with Gasteiger partial charge < -0.3 is 20.1 Å². The third-order valence-electron chi connectivity index (χ3n) is 7.66. The summed E-state index contributed by atoms with van der Waals surface area (Å²) >= 11 is 6.09. The van der Waals surface area contributed by atoms with Gasteiger partial charge in [0.15, 0.2) is 11.8 Å². The van der Waals surface area contributed by atoms with Crippen LogP contribution >= 0.6 is 11.6 Å². The number of fused-ring (bicyclic) bond motifs is 3. The van der Waals surface area contributed by atoms with Crippen molar-refractivity contribution in [2.75, 3.05) is 22.8 Å². The van der Waals surface area contributed by atoms with Crippen LogP contribution in [0, 0.1) is 0 Å². The van der Waals surface area contributed by atoms with Crippen molar-refractivity contribution in [3.05, 3.63) is 34.9 Å². The molecule has 1 aromatic carbocycles. The summed E-state index contributed by atoms with van der Waals surface area (Å²) in [6, 6.07) is 8.96. The molecule has 2 saturated heterocycles. The maximum Gasteiger partial charge on any atom is 0.238 e. The SMILES string of the molecule is O=S1COc2nc(N3C4CCC3CC(c3ccc(Cl)cc3)C4)nc(NC3(CO)CCC3)c21. The van der Waals surface area contributed by atoms with Crippen LogP contribution in [0.15, 0.2) is 29.2 Å². The smallest absolute Gasteiger partial charge is 0.238 e. The largest absolute Gasteiger partial charge is 0.463 e. The van der Waals surface area contributed by atoms with E-state index in [9.17, 15) is 9.32 Å². The zero-order chi connectivity index (χ0) is 21.9. The van der Waals surface area contributed by atoms with Crippen molar-refractivity contribution >= 4 is 34.2 Å². The molecule has 2 aromatic rings. The van der Waals surface area contributed by atoms with E-state index in [-0.39, 0.29) is 18.1 Å². The molecule has 0 amide bonds. The number of aromatic nitrogens is 2. The second kappa shape index (κ2) is 7.85. The summed E-state index contributed by atoms with van der Waals surface area (Å²) in [6.45, 7) is 0.0341. The molecular formula is C23H27ClN4O3S. The van der Waals surface area contributed by atoms with Crippen molar-refractivity contribution in [3.8, 4) is 5.88 Å². The molecule has 2 bridgehead atoms. The Morgan fingerprint density at radius 1 is 1.19 bits per heavy atom.